The Hall–Kier alpha value is -2.61. The first kappa shape index (κ1) is 20.7. The fraction of sp³-hybridized carbons (Fsp3) is 0.455. The van der Waals surface area contributed by atoms with Crippen LogP contribution in [0, 0.1) is 0 Å². The molecule has 1 fully saturated rings. The topological polar surface area (TPSA) is 90.0 Å². The third kappa shape index (κ3) is 4.28. The summed E-state index contributed by atoms with van der Waals surface area (Å²) in [6.07, 6.45) is 4.15. The van der Waals surface area contributed by atoms with Gasteiger partial charge in [0.15, 0.2) is 5.16 Å². The number of thioether (sulfide) groups is 1. The lowest BCUT2D eigenvalue weighted by atomic mass is 9.92. The average Bonchev–Trinajstić information content (AvgIpc) is 3.38. The molecule has 1 aliphatic carbocycles. The summed E-state index contributed by atoms with van der Waals surface area (Å²) in [5.74, 6) is 0.227. The Bertz CT molecular complexity index is 1120. The van der Waals surface area contributed by atoms with E-state index < -0.39 is 0 Å². The Labute approximate surface area is 179 Å². The summed E-state index contributed by atoms with van der Waals surface area (Å²) in [4.78, 5) is 30.4. The molecule has 8 heteroatoms. The number of benzene rings is 1. The number of hydrogen-bond acceptors (Lipinski definition) is 6. The Kier molecular flexibility index (Phi) is 5.69. The quantitative estimate of drug-likeness (QED) is 0.476. The van der Waals surface area contributed by atoms with Gasteiger partial charge in [-0.1, -0.05) is 62.7 Å². The maximum absolute atomic E-state index is 13.2. The van der Waals surface area contributed by atoms with Crippen LogP contribution in [-0.2, 0) is 10.2 Å². The van der Waals surface area contributed by atoms with E-state index in [9.17, 15) is 9.59 Å². The lowest BCUT2D eigenvalue weighted by molar-refractivity contribution is -0.113. The molecule has 0 aliphatic heterocycles. The fourth-order valence-electron chi connectivity index (χ4n) is 3.70. The highest BCUT2D eigenvalue weighted by atomic mass is 32.2. The molecular formula is C22H26N4O3S. The van der Waals surface area contributed by atoms with Crippen molar-refractivity contribution in [1.29, 1.82) is 0 Å². The number of nitrogens with one attached hydrogen (secondary N) is 1. The Balaban J connectivity index is 1.54. The van der Waals surface area contributed by atoms with Crippen molar-refractivity contribution >= 4 is 34.5 Å². The highest BCUT2D eigenvalue weighted by molar-refractivity contribution is 7.99. The monoisotopic (exact) mass is 426 g/mol. The molecule has 2 heterocycles. The lowest BCUT2D eigenvalue weighted by Gasteiger charge is -2.18. The fourth-order valence-corrected chi connectivity index (χ4v) is 4.57. The van der Waals surface area contributed by atoms with E-state index in [0.29, 0.717) is 21.9 Å². The van der Waals surface area contributed by atoms with Crippen LogP contribution in [0.2, 0.25) is 0 Å². The predicted molar refractivity (Wildman–Crippen MR) is 118 cm³/mol. The van der Waals surface area contributed by atoms with E-state index >= 15 is 0 Å². The van der Waals surface area contributed by atoms with Crippen molar-refractivity contribution in [1.82, 2.24) is 14.7 Å². The first-order chi connectivity index (χ1) is 14.3. The van der Waals surface area contributed by atoms with Crippen molar-refractivity contribution in [3.63, 3.8) is 0 Å². The van der Waals surface area contributed by atoms with Gasteiger partial charge in [-0.3, -0.25) is 19.5 Å². The molecule has 1 N–H and O–H groups in total. The lowest BCUT2D eigenvalue weighted by Crippen LogP contribution is -2.27. The van der Waals surface area contributed by atoms with Crippen LogP contribution in [0.1, 0.15) is 58.2 Å². The zero-order valence-corrected chi connectivity index (χ0v) is 18.3. The van der Waals surface area contributed by atoms with Gasteiger partial charge in [0.05, 0.1) is 22.3 Å². The predicted octanol–water partition coefficient (Wildman–Crippen LogP) is 4.53. The van der Waals surface area contributed by atoms with Crippen LogP contribution in [0.3, 0.4) is 0 Å². The third-order valence-electron chi connectivity index (χ3n) is 5.34. The van der Waals surface area contributed by atoms with Crippen LogP contribution in [0.5, 0.6) is 0 Å². The molecule has 1 saturated carbocycles. The summed E-state index contributed by atoms with van der Waals surface area (Å²) in [5, 5.41) is 7.97. The molecule has 1 aliphatic rings. The van der Waals surface area contributed by atoms with Crippen LogP contribution in [0.15, 0.2) is 44.8 Å². The van der Waals surface area contributed by atoms with Crippen molar-refractivity contribution in [2.24, 2.45) is 0 Å². The molecule has 158 valence electrons. The number of hydrogen-bond donors (Lipinski definition) is 1. The van der Waals surface area contributed by atoms with Gasteiger partial charge in [-0.2, -0.15) is 0 Å². The van der Waals surface area contributed by atoms with Crippen molar-refractivity contribution in [3.8, 4) is 0 Å². The van der Waals surface area contributed by atoms with Gasteiger partial charge in [-0.25, -0.2) is 4.98 Å². The summed E-state index contributed by atoms with van der Waals surface area (Å²) in [6.45, 7) is 6.08. The van der Waals surface area contributed by atoms with E-state index in [0.717, 1.165) is 31.4 Å². The van der Waals surface area contributed by atoms with Crippen LogP contribution in [0.4, 0.5) is 5.88 Å². The number of para-hydroxylation sites is 1. The zero-order chi connectivity index (χ0) is 21.3. The zero-order valence-electron chi connectivity index (χ0n) is 17.5. The number of fused-ring (bicyclic) bond motifs is 1. The Morgan fingerprint density at radius 3 is 2.70 bits per heavy atom. The summed E-state index contributed by atoms with van der Waals surface area (Å²) in [7, 11) is 0. The summed E-state index contributed by atoms with van der Waals surface area (Å²) < 4.78 is 7.02. The second kappa shape index (κ2) is 8.26. The van der Waals surface area contributed by atoms with E-state index in [4.69, 9.17) is 9.51 Å². The maximum atomic E-state index is 13.2. The van der Waals surface area contributed by atoms with Gasteiger partial charge >= 0.3 is 0 Å². The highest BCUT2D eigenvalue weighted by Crippen LogP contribution is 2.32. The first-order valence-corrected chi connectivity index (χ1v) is 11.2. The van der Waals surface area contributed by atoms with Gasteiger partial charge in [-0.05, 0) is 25.0 Å². The second-order valence-electron chi connectivity index (χ2n) is 8.69. The van der Waals surface area contributed by atoms with Gasteiger partial charge in [0.25, 0.3) is 5.56 Å². The number of amides is 1. The molecule has 0 saturated heterocycles. The average molecular weight is 427 g/mol. The minimum atomic E-state index is -0.225. The van der Waals surface area contributed by atoms with Gasteiger partial charge in [0.1, 0.15) is 0 Å². The molecule has 0 bridgehead atoms. The van der Waals surface area contributed by atoms with Crippen molar-refractivity contribution in [2.75, 3.05) is 11.1 Å². The Morgan fingerprint density at radius 1 is 1.27 bits per heavy atom. The standard InChI is InChI=1S/C22H26N4O3S/c1-22(2,3)17-12-19(29-25-17)24-18(27)13-30-21-23-16-11-7-6-10-15(16)20(28)26(21)14-8-4-5-9-14/h6-7,10-12,14H,4-5,8-9,13H2,1-3H3,(H,24,27). The van der Waals surface area contributed by atoms with Gasteiger partial charge < -0.3 is 4.52 Å². The van der Waals surface area contributed by atoms with Gasteiger partial charge in [0.2, 0.25) is 11.8 Å². The molecule has 1 amide bonds. The van der Waals surface area contributed by atoms with Crippen molar-refractivity contribution in [2.45, 2.75) is 63.1 Å². The van der Waals surface area contributed by atoms with E-state index in [1.54, 1.807) is 10.6 Å². The SMILES string of the molecule is CC(C)(C)c1cc(NC(=O)CSc2nc3ccccc3c(=O)n2C2CCCC2)on1. The molecule has 7 nitrogen and oxygen atoms in total. The minimum absolute atomic E-state index is 0.0274. The van der Waals surface area contributed by atoms with E-state index in [2.05, 4.69) is 10.5 Å². The summed E-state index contributed by atoms with van der Waals surface area (Å²) in [6, 6.07) is 9.26. The number of nitrogens with zero attached hydrogens (tertiary/aromatic N) is 3. The smallest absolute Gasteiger partial charge is 0.262 e. The van der Waals surface area contributed by atoms with Crippen LogP contribution < -0.4 is 10.9 Å². The molecule has 0 spiro atoms. The molecule has 2 aromatic heterocycles. The van der Waals surface area contributed by atoms with E-state index in [-0.39, 0.29) is 28.7 Å². The summed E-state index contributed by atoms with van der Waals surface area (Å²) in [5.41, 5.74) is 1.25. The molecule has 0 atom stereocenters. The first-order valence-electron chi connectivity index (χ1n) is 10.2. The molecule has 0 radical (unpaired) electrons. The number of carbonyl (C=O) groups excluding carboxylic acids is 1. The van der Waals surface area contributed by atoms with E-state index in [1.165, 1.54) is 11.8 Å². The highest BCUT2D eigenvalue weighted by Gasteiger charge is 2.24. The van der Waals surface area contributed by atoms with Crippen LogP contribution in [-0.4, -0.2) is 26.4 Å². The number of aromatic nitrogens is 3. The van der Waals surface area contributed by atoms with Gasteiger partial charge in [0, 0.05) is 17.5 Å². The molecule has 0 unspecified atom stereocenters. The molecule has 1 aromatic carbocycles. The number of anilines is 1. The van der Waals surface area contributed by atoms with Crippen LogP contribution >= 0.6 is 11.8 Å². The molecule has 3 aromatic rings. The van der Waals surface area contributed by atoms with Gasteiger partial charge in [-0.15, -0.1) is 0 Å². The van der Waals surface area contributed by atoms with Crippen molar-refractivity contribution in [3.05, 3.63) is 46.4 Å². The molecule has 4 rings (SSSR count). The minimum Gasteiger partial charge on any atom is -0.338 e. The second-order valence-corrected chi connectivity index (χ2v) is 9.63. The largest absolute Gasteiger partial charge is 0.338 e. The normalized spacial score (nSPS) is 15.0. The van der Waals surface area contributed by atoms with Crippen molar-refractivity contribution < 1.29 is 9.32 Å². The van der Waals surface area contributed by atoms with Crippen LogP contribution in [0.25, 0.3) is 10.9 Å². The van der Waals surface area contributed by atoms with E-state index in [1.807, 2.05) is 45.0 Å². The Morgan fingerprint density at radius 2 is 2.00 bits per heavy atom. The molecule has 30 heavy (non-hydrogen) atoms. The third-order valence-corrected chi connectivity index (χ3v) is 6.29. The maximum Gasteiger partial charge on any atom is 0.262 e. The molecular weight excluding hydrogens is 400 g/mol. The summed E-state index contributed by atoms with van der Waals surface area (Å²) >= 11 is 1.28. The number of carbonyl (C=O) groups is 1. The number of rotatable bonds is 5.